The van der Waals surface area contributed by atoms with Crippen molar-refractivity contribution in [3.05, 3.63) is 96.1 Å². The fraction of sp³-hybridized carbons (Fsp3) is 0.0833. The number of aromatic nitrogens is 2. The second-order valence-electron chi connectivity index (χ2n) is 6.58. The third-order valence-corrected chi connectivity index (χ3v) is 4.62. The highest BCUT2D eigenvalue weighted by Gasteiger charge is 2.14. The molecule has 1 heterocycles. The normalized spacial score (nSPS) is 10.4. The lowest BCUT2D eigenvalue weighted by atomic mass is 10.1. The van der Waals surface area contributed by atoms with E-state index >= 15 is 0 Å². The van der Waals surface area contributed by atoms with Gasteiger partial charge in [0.2, 0.25) is 0 Å². The molecule has 0 bridgehead atoms. The maximum atomic E-state index is 12.9. The molecule has 150 valence electrons. The first-order chi connectivity index (χ1) is 14.7. The molecule has 4 rings (SSSR count). The lowest BCUT2D eigenvalue weighted by Gasteiger charge is -2.10. The number of nitrogens with zero attached hydrogens (tertiary/aromatic N) is 1. The SMILES string of the molecule is COc1ccccc1-c1cc(NC(=O)c2ccccc2COc2ccccc2)n[nH]1. The first kappa shape index (κ1) is 19.3. The van der Waals surface area contributed by atoms with Gasteiger partial charge in [0.1, 0.15) is 18.1 Å². The van der Waals surface area contributed by atoms with Gasteiger partial charge in [0.25, 0.3) is 5.91 Å². The summed E-state index contributed by atoms with van der Waals surface area (Å²) in [5.74, 6) is 1.66. The summed E-state index contributed by atoms with van der Waals surface area (Å²) in [4.78, 5) is 12.9. The molecule has 0 aliphatic heterocycles. The first-order valence-electron chi connectivity index (χ1n) is 9.50. The zero-order valence-electron chi connectivity index (χ0n) is 16.5. The Morgan fingerprint density at radius 2 is 1.70 bits per heavy atom. The molecule has 2 N–H and O–H groups in total. The number of benzene rings is 3. The van der Waals surface area contributed by atoms with Crippen LogP contribution in [0.5, 0.6) is 11.5 Å². The van der Waals surface area contributed by atoms with Crippen LogP contribution in [0.1, 0.15) is 15.9 Å². The molecule has 0 aliphatic rings. The van der Waals surface area contributed by atoms with Gasteiger partial charge >= 0.3 is 0 Å². The minimum atomic E-state index is -0.250. The molecule has 0 aliphatic carbocycles. The molecular formula is C24H21N3O3. The second kappa shape index (κ2) is 8.96. The molecular weight excluding hydrogens is 378 g/mol. The zero-order chi connectivity index (χ0) is 20.8. The minimum Gasteiger partial charge on any atom is -0.496 e. The third kappa shape index (κ3) is 4.33. The van der Waals surface area contributed by atoms with Gasteiger partial charge in [-0.15, -0.1) is 0 Å². The highest BCUT2D eigenvalue weighted by molar-refractivity contribution is 6.05. The number of rotatable bonds is 7. The van der Waals surface area contributed by atoms with Crippen LogP contribution in [0.4, 0.5) is 5.82 Å². The van der Waals surface area contributed by atoms with Crippen molar-refractivity contribution in [2.24, 2.45) is 0 Å². The van der Waals surface area contributed by atoms with E-state index in [0.29, 0.717) is 18.0 Å². The summed E-state index contributed by atoms with van der Waals surface area (Å²) >= 11 is 0. The van der Waals surface area contributed by atoms with Crippen LogP contribution in [-0.2, 0) is 6.61 Å². The van der Waals surface area contributed by atoms with Crippen LogP contribution in [0.15, 0.2) is 84.9 Å². The monoisotopic (exact) mass is 399 g/mol. The molecule has 6 heteroatoms. The van der Waals surface area contributed by atoms with E-state index in [2.05, 4.69) is 15.5 Å². The Balaban J connectivity index is 1.49. The van der Waals surface area contributed by atoms with Crippen LogP contribution < -0.4 is 14.8 Å². The Bertz CT molecular complexity index is 1140. The molecule has 0 unspecified atom stereocenters. The van der Waals surface area contributed by atoms with Crippen molar-refractivity contribution in [1.82, 2.24) is 10.2 Å². The lowest BCUT2D eigenvalue weighted by Crippen LogP contribution is -2.15. The van der Waals surface area contributed by atoms with Gasteiger partial charge in [0.15, 0.2) is 5.82 Å². The lowest BCUT2D eigenvalue weighted by molar-refractivity contribution is 0.102. The van der Waals surface area contributed by atoms with Crippen molar-refractivity contribution in [1.29, 1.82) is 0 Å². The Hall–Kier alpha value is -4.06. The predicted molar refractivity (Wildman–Crippen MR) is 116 cm³/mol. The van der Waals surface area contributed by atoms with Gasteiger partial charge in [-0.1, -0.05) is 48.5 Å². The molecule has 0 spiro atoms. The summed E-state index contributed by atoms with van der Waals surface area (Å²) in [7, 11) is 1.62. The standard InChI is InChI=1S/C24H21N3O3/c1-29-22-14-8-7-13-20(22)21-15-23(27-26-21)25-24(28)19-12-6-5-9-17(19)16-30-18-10-3-2-4-11-18/h2-15H,16H2,1H3,(H2,25,26,27,28). The number of anilines is 1. The predicted octanol–water partition coefficient (Wildman–Crippen LogP) is 4.92. The van der Waals surface area contributed by atoms with Crippen LogP contribution in [0.3, 0.4) is 0 Å². The summed E-state index contributed by atoms with van der Waals surface area (Å²) in [5, 5.41) is 10.0. The molecule has 6 nitrogen and oxygen atoms in total. The van der Waals surface area contributed by atoms with E-state index in [-0.39, 0.29) is 5.91 Å². The quantitative estimate of drug-likeness (QED) is 0.463. The van der Waals surface area contributed by atoms with E-state index in [4.69, 9.17) is 9.47 Å². The number of amides is 1. The highest BCUT2D eigenvalue weighted by Crippen LogP contribution is 2.29. The topological polar surface area (TPSA) is 76.2 Å². The van der Waals surface area contributed by atoms with Crippen molar-refractivity contribution in [3.8, 4) is 22.8 Å². The molecule has 0 atom stereocenters. The third-order valence-electron chi connectivity index (χ3n) is 4.62. The van der Waals surface area contributed by atoms with Crippen molar-refractivity contribution in [3.63, 3.8) is 0 Å². The molecule has 0 saturated heterocycles. The number of carbonyl (C=O) groups is 1. The number of H-pyrrole nitrogens is 1. The van der Waals surface area contributed by atoms with Gasteiger partial charge < -0.3 is 14.8 Å². The van der Waals surface area contributed by atoms with Gasteiger partial charge in [-0.3, -0.25) is 9.89 Å². The van der Waals surface area contributed by atoms with Gasteiger partial charge in [0, 0.05) is 22.8 Å². The molecule has 0 saturated carbocycles. The van der Waals surface area contributed by atoms with Gasteiger partial charge in [-0.05, 0) is 30.3 Å². The molecule has 0 fully saturated rings. The number of hydrogen-bond acceptors (Lipinski definition) is 4. The Morgan fingerprint density at radius 1 is 0.967 bits per heavy atom. The van der Waals surface area contributed by atoms with E-state index in [0.717, 1.165) is 28.3 Å². The second-order valence-corrected chi connectivity index (χ2v) is 6.58. The van der Waals surface area contributed by atoms with Crippen molar-refractivity contribution >= 4 is 11.7 Å². The summed E-state index contributed by atoms with van der Waals surface area (Å²) in [5.41, 5.74) is 2.95. The molecule has 3 aromatic carbocycles. The maximum Gasteiger partial charge on any atom is 0.257 e. The summed E-state index contributed by atoms with van der Waals surface area (Å²) in [6.07, 6.45) is 0. The van der Waals surface area contributed by atoms with Crippen LogP contribution >= 0.6 is 0 Å². The molecule has 4 aromatic rings. The number of methoxy groups -OCH3 is 1. The number of para-hydroxylation sites is 2. The van der Waals surface area contributed by atoms with Crippen LogP contribution in [0.25, 0.3) is 11.3 Å². The Morgan fingerprint density at radius 3 is 2.53 bits per heavy atom. The number of nitrogens with one attached hydrogen (secondary N) is 2. The number of carbonyl (C=O) groups excluding carboxylic acids is 1. The van der Waals surface area contributed by atoms with Gasteiger partial charge in [-0.2, -0.15) is 5.10 Å². The smallest absolute Gasteiger partial charge is 0.257 e. The molecule has 0 radical (unpaired) electrons. The zero-order valence-corrected chi connectivity index (χ0v) is 16.5. The molecule has 1 amide bonds. The maximum absolute atomic E-state index is 12.9. The highest BCUT2D eigenvalue weighted by atomic mass is 16.5. The fourth-order valence-corrected chi connectivity index (χ4v) is 3.12. The van der Waals surface area contributed by atoms with Gasteiger partial charge in [-0.25, -0.2) is 0 Å². The largest absolute Gasteiger partial charge is 0.496 e. The van der Waals surface area contributed by atoms with Crippen molar-refractivity contribution < 1.29 is 14.3 Å². The van der Waals surface area contributed by atoms with Crippen LogP contribution in [-0.4, -0.2) is 23.2 Å². The molecule has 30 heavy (non-hydrogen) atoms. The van der Waals surface area contributed by atoms with Crippen molar-refractivity contribution in [2.75, 3.05) is 12.4 Å². The van der Waals surface area contributed by atoms with Crippen LogP contribution in [0.2, 0.25) is 0 Å². The summed E-state index contributed by atoms with van der Waals surface area (Å²) < 4.78 is 11.2. The number of hydrogen-bond donors (Lipinski definition) is 2. The van der Waals surface area contributed by atoms with E-state index in [1.54, 1.807) is 19.2 Å². The average molecular weight is 399 g/mol. The Kier molecular flexibility index (Phi) is 5.75. The van der Waals surface area contributed by atoms with E-state index in [1.807, 2.05) is 72.8 Å². The number of aromatic amines is 1. The summed E-state index contributed by atoms with van der Waals surface area (Å²) in [6.45, 7) is 0.292. The van der Waals surface area contributed by atoms with E-state index < -0.39 is 0 Å². The average Bonchev–Trinajstić information content (AvgIpc) is 3.26. The van der Waals surface area contributed by atoms with E-state index in [9.17, 15) is 4.79 Å². The van der Waals surface area contributed by atoms with Crippen molar-refractivity contribution in [2.45, 2.75) is 6.61 Å². The minimum absolute atomic E-state index is 0.250. The van der Waals surface area contributed by atoms with Crippen LogP contribution in [0, 0.1) is 0 Å². The Labute approximate surface area is 174 Å². The fourth-order valence-electron chi connectivity index (χ4n) is 3.12. The van der Waals surface area contributed by atoms with Gasteiger partial charge in [0.05, 0.1) is 12.8 Å². The summed E-state index contributed by atoms with van der Waals surface area (Å²) in [6, 6.07) is 26.3. The number of ether oxygens (including phenoxy) is 2. The van der Waals surface area contributed by atoms with E-state index in [1.165, 1.54) is 0 Å². The molecule has 1 aromatic heterocycles. The first-order valence-corrected chi connectivity index (χ1v) is 9.50.